The van der Waals surface area contributed by atoms with Gasteiger partial charge in [0, 0.05) is 19.0 Å². The molecule has 1 aliphatic heterocycles. The second-order valence-electron chi connectivity index (χ2n) is 8.73. The molecule has 37 heavy (non-hydrogen) atoms. The van der Waals surface area contributed by atoms with E-state index in [0.717, 1.165) is 5.56 Å². The molecule has 2 amide bonds. The van der Waals surface area contributed by atoms with Crippen molar-refractivity contribution in [3.63, 3.8) is 0 Å². The van der Waals surface area contributed by atoms with Crippen LogP contribution < -0.4 is 15.4 Å². The van der Waals surface area contributed by atoms with E-state index in [-0.39, 0.29) is 17.7 Å². The summed E-state index contributed by atoms with van der Waals surface area (Å²) in [4.78, 5) is 39.8. The Balaban J connectivity index is 0.000000220. The molecule has 3 N–H and O–H groups in total. The van der Waals surface area contributed by atoms with Gasteiger partial charge in [0.2, 0.25) is 11.7 Å². The highest BCUT2D eigenvalue weighted by Gasteiger charge is 2.26. The van der Waals surface area contributed by atoms with Crippen LogP contribution in [0.1, 0.15) is 47.8 Å². The number of hydrogen-bond donors (Lipinski definition) is 2. The Morgan fingerprint density at radius 2 is 1.95 bits per heavy atom. The largest absolute Gasteiger partial charge is 0.491 e. The summed E-state index contributed by atoms with van der Waals surface area (Å²) in [7, 11) is 3.05. The van der Waals surface area contributed by atoms with E-state index in [0.29, 0.717) is 42.3 Å². The zero-order valence-electron chi connectivity index (χ0n) is 21.2. The zero-order valence-corrected chi connectivity index (χ0v) is 21.2. The number of primary amides is 1. The standard InChI is InChI=1S/C17H19NO4.C10H10N4O/c1-17(2,16(20)21-4)9-7-12-5-6-14-13(11-12)18(3)15(19)8-10-22-14;11-9(15)10-12-8(13-14-10)6-7-4-2-1-3-5-7/h5-6,11H,8,10H2,1-4H3;1-5H,6H2,(H2,11,15)(H,12,13,14). The number of rotatable bonds is 4. The van der Waals surface area contributed by atoms with E-state index in [1.807, 2.05) is 36.4 Å². The maximum absolute atomic E-state index is 11.9. The summed E-state index contributed by atoms with van der Waals surface area (Å²) in [5.41, 5.74) is 6.64. The molecule has 0 saturated carbocycles. The third-order valence-corrected chi connectivity index (χ3v) is 5.45. The predicted octanol–water partition coefficient (Wildman–Crippen LogP) is 2.48. The molecule has 10 heteroatoms. The Morgan fingerprint density at radius 1 is 1.22 bits per heavy atom. The quantitative estimate of drug-likeness (QED) is 0.412. The molecule has 4 rings (SSSR count). The fourth-order valence-corrected chi connectivity index (χ4v) is 3.34. The van der Waals surface area contributed by atoms with Gasteiger partial charge in [-0.15, -0.1) is 5.10 Å². The third kappa shape index (κ3) is 7.18. The average molecular weight is 504 g/mol. The first kappa shape index (κ1) is 26.9. The number of methoxy groups -OCH3 is 1. The number of benzene rings is 2. The van der Waals surface area contributed by atoms with Crippen LogP contribution in [0.4, 0.5) is 5.69 Å². The Morgan fingerprint density at radius 3 is 2.59 bits per heavy atom. The van der Waals surface area contributed by atoms with E-state index in [9.17, 15) is 14.4 Å². The number of nitrogens with one attached hydrogen (secondary N) is 1. The molecule has 192 valence electrons. The van der Waals surface area contributed by atoms with Crippen LogP contribution in [0.3, 0.4) is 0 Å². The number of nitrogens with zero attached hydrogens (tertiary/aromatic N) is 3. The minimum atomic E-state index is -0.889. The van der Waals surface area contributed by atoms with Gasteiger partial charge in [0.25, 0.3) is 5.91 Å². The summed E-state index contributed by atoms with van der Waals surface area (Å²) >= 11 is 0. The number of ether oxygens (including phenoxy) is 2. The molecule has 1 aromatic heterocycles. The molecule has 2 heterocycles. The van der Waals surface area contributed by atoms with Gasteiger partial charge in [0.15, 0.2) is 0 Å². The zero-order chi connectivity index (χ0) is 27.0. The van der Waals surface area contributed by atoms with Crippen LogP contribution >= 0.6 is 0 Å². The summed E-state index contributed by atoms with van der Waals surface area (Å²) in [5, 5.41) is 6.37. The molecular weight excluding hydrogens is 474 g/mol. The topological polar surface area (TPSA) is 140 Å². The molecule has 0 saturated heterocycles. The van der Waals surface area contributed by atoms with Gasteiger partial charge in [-0.3, -0.25) is 19.5 Å². The molecule has 0 bridgehead atoms. The maximum atomic E-state index is 11.9. The van der Waals surface area contributed by atoms with Crippen LogP contribution in [0.25, 0.3) is 0 Å². The van der Waals surface area contributed by atoms with Gasteiger partial charge in [-0.1, -0.05) is 42.2 Å². The van der Waals surface area contributed by atoms with E-state index in [1.165, 1.54) is 7.11 Å². The summed E-state index contributed by atoms with van der Waals surface area (Å²) in [5.74, 6) is 6.18. The number of aromatic nitrogens is 3. The predicted molar refractivity (Wildman–Crippen MR) is 137 cm³/mol. The van der Waals surface area contributed by atoms with Gasteiger partial charge in [-0.05, 0) is 37.6 Å². The van der Waals surface area contributed by atoms with Gasteiger partial charge in [-0.2, -0.15) is 0 Å². The molecule has 2 aromatic carbocycles. The number of aromatic amines is 1. The van der Waals surface area contributed by atoms with Gasteiger partial charge in [0.1, 0.15) is 17.0 Å². The van der Waals surface area contributed by atoms with Crippen LogP contribution in [0.2, 0.25) is 0 Å². The van der Waals surface area contributed by atoms with Crippen LogP contribution in [-0.2, 0) is 20.7 Å². The highest BCUT2D eigenvalue weighted by Crippen LogP contribution is 2.31. The van der Waals surface area contributed by atoms with Crippen molar-refractivity contribution in [2.45, 2.75) is 26.7 Å². The summed E-state index contributed by atoms with van der Waals surface area (Å²) in [6.45, 7) is 3.78. The van der Waals surface area contributed by atoms with Crippen molar-refractivity contribution >= 4 is 23.5 Å². The van der Waals surface area contributed by atoms with Crippen LogP contribution in [0.5, 0.6) is 5.75 Å². The lowest BCUT2D eigenvalue weighted by Gasteiger charge is -2.16. The third-order valence-electron chi connectivity index (χ3n) is 5.45. The van der Waals surface area contributed by atoms with Crippen molar-refractivity contribution in [3.05, 3.63) is 71.3 Å². The van der Waals surface area contributed by atoms with Crippen molar-refractivity contribution in [1.82, 2.24) is 15.2 Å². The van der Waals surface area contributed by atoms with Crippen LogP contribution in [0.15, 0.2) is 48.5 Å². The van der Waals surface area contributed by atoms with E-state index in [2.05, 4.69) is 27.0 Å². The molecule has 1 aliphatic rings. The molecule has 0 radical (unpaired) electrons. The molecule has 0 spiro atoms. The number of carbonyl (C=O) groups excluding carboxylic acids is 3. The highest BCUT2D eigenvalue weighted by molar-refractivity contribution is 5.95. The number of fused-ring (bicyclic) bond motifs is 1. The van der Waals surface area contributed by atoms with Crippen molar-refractivity contribution in [3.8, 4) is 17.6 Å². The van der Waals surface area contributed by atoms with Crippen molar-refractivity contribution in [2.75, 3.05) is 25.7 Å². The average Bonchev–Trinajstić information content (AvgIpc) is 3.31. The number of esters is 1. The first-order chi connectivity index (χ1) is 17.6. The normalized spacial score (nSPS) is 12.5. The van der Waals surface area contributed by atoms with Gasteiger partial charge >= 0.3 is 5.97 Å². The number of hydrogen-bond acceptors (Lipinski definition) is 7. The Labute approximate surface area is 215 Å². The van der Waals surface area contributed by atoms with E-state index in [4.69, 9.17) is 15.2 Å². The van der Waals surface area contributed by atoms with Crippen molar-refractivity contribution in [1.29, 1.82) is 0 Å². The smallest absolute Gasteiger partial charge is 0.323 e. The number of nitrogens with two attached hydrogens (primary N) is 1. The molecule has 3 aromatic rings. The Bertz CT molecular complexity index is 1340. The van der Waals surface area contributed by atoms with Crippen molar-refractivity contribution in [2.24, 2.45) is 11.1 Å². The molecule has 10 nitrogen and oxygen atoms in total. The van der Waals surface area contributed by atoms with E-state index in [1.54, 1.807) is 37.9 Å². The Kier molecular flexibility index (Phi) is 8.64. The molecular formula is C27H29N5O5. The van der Waals surface area contributed by atoms with Gasteiger partial charge < -0.3 is 20.1 Å². The lowest BCUT2D eigenvalue weighted by Crippen LogP contribution is -2.25. The monoisotopic (exact) mass is 503 g/mol. The fourth-order valence-electron chi connectivity index (χ4n) is 3.34. The van der Waals surface area contributed by atoms with E-state index >= 15 is 0 Å². The molecule has 0 aliphatic carbocycles. The summed E-state index contributed by atoms with van der Waals surface area (Å²) in [6.07, 6.45) is 0.961. The maximum Gasteiger partial charge on any atom is 0.323 e. The number of anilines is 1. The molecule has 0 atom stereocenters. The second kappa shape index (κ2) is 11.9. The molecule has 0 fully saturated rings. The number of carbonyl (C=O) groups is 3. The highest BCUT2D eigenvalue weighted by atomic mass is 16.5. The fraction of sp³-hybridized carbons (Fsp3) is 0.296. The van der Waals surface area contributed by atoms with Crippen molar-refractivity contribution < 1.29 is 23.9 Å². The lowest BCUT2D eigenvalue weighted by molar-refractivity contribution is -0.147. The minimum Gasteiger partial charge on any atom is -0.491 e. The van der Waals surface area contributed by atoms with Crippen LogP contribution in [-0.4, -0.2) is 53.7 Å². The summed E-state index contributed by atoms with van der Waals surface area (Å²) < 4.78 is 10.3. The lowest BCUT2D eigenvalue weighted by atomic mass is 9.94. The number of H-pyrrole nitrogens is 1. The van der Waals surface area contributed by atoms with Gasteiger partial charge in [0.05, 0.1) is 25.8 Å². The summed E-state index contributed by atoms with van der Waals surface area (Å²) in [6, 6.07) is 15.2. The molecule has 0 unspecified atom stereocenters. The number of amides is 2. The Hall–Kier alpha value is -4.65. The first-order valence-corrected chi connectivity index (χ1v) is 11.5. The van der Waals surface area contributed by atoms with Gasteiger partial charge in [-0.25, -0.2) is 4.98 Å². The van der Waals surface area contributed by atoms with E-state index < -0.39 is 11.3 Å². The first-order valence-electron chi connectivity index (χ1n) is 11.5. The SMILES string of the molecule is COC(=O)C(C)(C)C#Cc1ccc2c(c1)N(C)C(=O)CCO2.NC(=O)c1n[nH]c(Cc2ccccc2)n1. The van der Waals surface area contributed by atoms with Crippen LogP contribution in [0, 0.1) is 17.3 Å². The minimum absolute atomic E-state index is 0.00116. The second-order valence-corrected chi connectivity index (χ2v) is 8.73.